The van der Waals surface area contributed by atoms with Gasteiger partial charge in [-0.25, -0.2) is 0 Å². The fourth-order valence-electron chi connectivity index (χ4n) is 3.26. The number of benzene rings is 1. The molecule has 27 heavy (non-hydrogen) atoms. The van der Waals surface area contributed by atoms with Crippen LogP contribution >= 0.6 is 0 Å². The van der Waals surface area contributed by atoms with Gasteiger partial charge in [0.2, 0.25) is 0 Å². The normalized spacial score (nSPS) is 12.0. The Morgan fingerprint density at radius 1 is 1.19 bits per heavy atom. The molecule has 0 spiro atoms. The van der Waals surface area contributed by atoms with Crippen molar-refractivity contribution in [3.8, 4) is 5.69 Å². The molecule has 1 aromatic carbocycles. The Bertz CT molecular complexity index is 950. The zero-order valence-electron chi connectivity index (χ0n) is 17.0. The summed E-state index contributed by atoms with van der Waals surface area (Å²) in [5.74, 6) is 0.556. The molecule has 3 nitrogen and oxygen atoms in total. The molecule has 0 unspecified atom stereocenters. The molecule has 0 aliphatic rings. The van der Waals surface area contributed by atoms with Gasteiger partial charge in [0.15, 0.2) is 11.2 Å². The van der Waals surface area contributed by atoms with Crippen molar-refractivity contribution in [3.05, 3.63) is 62.4 Å². The monoisotopic (exact) mass is 365 g/mol. The van der Waals surface area contributed by atoms with Crippen molar-refractivity contribution in [2.24, 2.45) is 5.92 Å². The number of hydrogen-bond acceptors (Lipinski definition) is 2. The van der Waals surface area contributed by atoms with E-state index in [1.807, 2.05) is 23.6 Å². The summed E-state index contributed by atoms with van der Waals surface area (Å²) >= 11 is 0. The molecule has 2 rings (SSSR count). The summed E-state index contributed by atoms with van der Waals surface area (Å²) in [6.45, 7) is 12.4. The van der Waals surface area contributed by atoms with Gasteiger partial charge in [0, 0.05) is 28.9 Å². The number of hydrogen-bond donors (Lipinski definition) is 0. The average Bonchev–Trinajstić information content (AvgIpc) is 2.65. The Balaban J connectivity index is 2.42. The molecule has 0 atom stereocenters. The largest absolute Gasteiger partial charge is 0.316 e. The molecule has 0 radical (unpaired) electrons. The quantitative estimate of drug-likeness (QED) is 0.524. The number of aryl methyl sites for hydroxylation is 1. The maximum atomic E-state index is 12.8. The molecule has 0 bridgehead atoms. The van der Waals surface area contributed by atoms with Gasteiger partial charge >= 0.3 is 0 Å². The summed E-state index contributed by atoms with van der Waals surface area (Å²) in [6.07, 6.45) is 7.73. The van der Waals surface area contributed by atoms with E-state index in [2.05, 4.69) is 39.5 Å². The maximum Gasteiger partial charge on any atom is 0.199 e. The SMILES string of the molecule is C=c1/c(=C\C)c(=O)c(C(=O)CCCCC(C)C)cn1-c1ccc(CC)cc1. The highest BCUT2D eigenvalue weighted by Crippen LogP contribution is 2.11. The third-order valence-electron chi connectivity index (χ3n) is 5.00. The van der Waals surface area contributed by atoms with Gasteiger partial charge in [-0.2, -0.15) is 0 Å². The zero-order valence-corrected chi connectivity index (χ0v) is 17.0. The molecule has 0 amide bonds. The van der Waals surface area contributed by atoms with Gasteiger partial charge in [-0.1, -0.05) is 58.4 Å². The van der Waals surface area contributed by atoms with Crippen LogP contribution in [-0.4, -0.2) is 10.4 Å². The van der Waals surface area contributed by atoms with E-state index in [1.165, 1.54) is 5.56 Å². The Labute approximate surface area is 162 Å². The molecule has 0 saturated heterocycles. The van der Waals surface area contributed by atoms with Crippen molar-refractivity contribution in [1.29, 1.82) is 0 Å². The van der Waals surface area contributed by atoms with Crippen molar-refractivity contribution in [2.75, 3.05) is 0 Å². The molecule has 0 aliphatic carbocycles. The Kier molecular flexibility index (Phi) is 7.35. The maximum absolute atomic E-state index is 12.8. The van der Waals surface area contributed by atoms with E-state index in [1.54, 1.807) is 12.3 Å². The number of carbonyl (C=O) groups excluding carboxylic acids is 1. The van der Waals surface area contributed by atoms with E-state index in [4.69, 9.17) is 0 Å². The number of pyridine rings is 1. The fraction of sp³-hybridized carbons (Fsp3) is 0.417. The van der Waals surface area contributed by atoms with Crippen LogP contribution in [0.3, 0.4) is 0 Å². The molecular weight excluding hydrogens is 334 g/mol. The van der Waals surface area contributed by atoms with Crippen molar-refractivity contribution < 1.29 is 4.79 Å². The highest BCUT2D eigenvalue weighted by Gasteiger charge is 2.14. The highest BCUT2D eigenvalue weighted by molar-refractivity contribution is 5.95. The average molecular weight is 366 g/mol. The van der Waals surface area contributed by atoms with Gasteiger partial charge < -0.3 is 4.57 Å². The number of ketones is 1. The van der Waals surface area contributed by atoms with Gasteiger partial charge in [0.05, 0.1) is 5.56 Å². The third kappa shape index (κ3) is 5.06. The van der Waals surface area contributed by atoms with Crippen LogP contribution in [-0.2, 0) is 6.42 Å². The second-order valence-electron chi connectivity index (χ2n) is 7.47. The molecular formula is C24H31NO2. The number of nitrogens with zero attached hydrogens (tertiary/aromatic N) is 1. The lowest BCUT2D eigenvalue weighted by molar-refractivity contribution is 0.0977. The van der Waals surface area contributed by atoms with Crippen LogP contribution in [0.5, 0.6) is 0 Å². The van der Waals surface area contributed by atoms with Gasteiger partial charge in [0.1, 0.15) is 0 Å². The van der Waals surface area contributed by atoms with Crippen LogP contribution < -0.4 is 16.0 Å². The minimum Gasteiger partial charge on any atom is -0.316 e. The lowest BCUT2D eigenvalue weighted by Gasteiger charge is -2.11. The molecule has 0 aliphatic heterocycles. The number of unbranched alkanes of at least 4 members (excludes halogenated alkanes) is 1. The number of carbonyl (C=O) groups is 1. The van der Waals surface area contributed by atoms with Crippen molar-refractivity contribution in [3.63, 3.8) is 0 Å². The summed E-state index contributed by atoms with van der Waals surface area (Å²) < 4.78 is 1.86. The lowest BCUT2D eigenvalue weighted by atomic mass is 10.0. The summed E-state index contributed by atoms with van der Waals surface area (Å²) in [5, 5.41) is 1.12. The van der Waals surface area contributed by atoms with E-state index in [0.29, 0.717) is 22.9 Å². The molecule has 0 N–H and O–H groups in total. The third-order valence-corrected chi connectivity index (χ3v) is 5.00. The first-order chi connectivity index (χ1) is 12.9. The van der Waals surface area contributed by atoms with Crippen LogP contribution in [0.15, 0.2) is 35.3 Å². The first kappa shape index (κ1) is 20.9. The molecule has 0 saturated carbocycles. The highest BCUT2D eigenvalue weighted by atomic mass is 16.1. The first-order valence-electron chi connectivity index (χ1n) is 9.92. The molecule has 0 fully saturated rings. The lowest BCUT2D eigenvalue weighted by Crippen LogP contribution is -2.46. The van der Waals surface area contributed by atoms with E-state index in [-0.39, 0.29) is 16.8 Å². The number of rotatable bonds is 8. The second kappa shape index (κ2) is 9.50. The Morgan fingerprint density at radius 2 is 1.85 bits per heavy atom. The predicted molar refractivity (Wildman–Crippen MR) is 114 cm³/mol. The van der Waals surface area contributed by atoms with E-state index in [0.717, 1.165) is 31.4 Å². The van der Waals surface area contributed by atoms with Crippen LogP contribution in [0.1, 0.15) is 69.3 Å². The molecule has 1 heterocycles. The first-order valence-corrected chi connectivity index (χ1v) is 9.92. The number of Topliss-reactive ketones (excluding diaryl/α,β-unsaturated/α-hetero) is 1. The van der Waals surface area contributed by atoms with Gasteiger partial charge in [-0.15, -0.1) is 0 Å². The fourth-order valence-corrected chi connectivity index (χ4v) is 3.26. The summed E-state index contributed by atoms with van der Waals surface area (Å²) in [4.78, 5) is 25.5. The summed E-state index contributed by atoms with van der Waals surface area (Å²) in [5.41, 5.74) is 2.21. The molecule has 144 valence electrons. The standard InChI is InChI=1S/C24H31NO2/c1-6-19-12-14-20(15-13-19)25-16-22(24(27)21(7-2)18(25)5)23(26)11-9-8-10-17(3)4/h7,12-17H,5-6,8-11H2,1-4H3/b21-7+. The topological polar surface area (TPSA) is 39.1 Å². The molecule has 2 aromatic rings. The minimum absolute atomic E-state index is 0.0780. The molecule has 3 heteroatoms. The minimum atomic E-state index is -0.210. The van der Waals surface area contributed by atoms with Crippen molar-refractivity contribution in [2.45, 2.75) is 59.8 Å². The van der Waals surface area contributed by atoms with Crippen molar-refractivity contribution in [1.82, 2.24) is 4.57 Å². The van der Waals surface area contributed by atoms with Gasteiger partial charge in [-0.3, -0.25) is 9.59 Å². The second-order valence-corrected chi connectivity index (χ2v) is 7.47. The Morgan fingerprint density at radius 3 is 2.41 bits per heavy atom. The number of aromatic nitrogens is 1. The van der Waals surface area contributed by atoms with Crippen LogP contribution in [0.25, 0.3) is 18.3 Å². The smallest absolute Gasteiger partial charge is 0.199 e. The van der Waals surface area contributed by atoms with Crippen LogP contribution in [0, 0.1) is 5.92 Å². The summed E-state index contributed by atoms with van der Waals surface area (Å²) in [6, 6.07) is 8.15. The summed E-state index contributed by atoms with van der Waals surface area (Å²) in [7, 11) is 0. The van der Waals surface area contributed by atoms with E-state index < -0.39 is 0 Å². The van der Waals surface area contributed by atoms with Crippen LogP contribution in [0.2, 0.25) is 0 Å². The van der Waals surface area contributed by atoms with Gasteiger partial charge in [-0.05, 0) is 43.4 Å². The van der Waals surface area contributed by atoms with E-state index in [9.17, 15) is 9.59 Å². The van der Waals surface area contributed by atoms with Gasteiger partial charge in [0.25, 0.3) is 0 Å². The van der Waals surface area contributed by atoms with Crippen LogP contribution in [0.4, 0.5) is 0 Å². The molecule has 1 aromatic heterocycles. The zero-order chi connectivity index (χ0) is 20.0. The van der Waals surface area contributed by atoms with Crippen molar-refractivity contribution >= 4 is 18.4 Å². The van der Waals surface area contributed by atoms with E-state index >= 15 is 0 Å². The Hall–Kier alpha value is -2.42. The predicted octanol–water partition coefficient (Wildman–Crippen LogP) is 4.01.